The number of amides is 5. The number of carbonyl (C=O) groups is 5. The number of nitrogens with one attached hydrogen (secondary N) is 4. The van der Waals surface area contributed by atoms with Crippen molar-refractivity contribution in [2.45, 2.75) is 75.9 Å². The molecule has 6 unspecified atom stereocenters. The van der Waals surface area contributed by atoms with Crippen molar-refractivity contribution in [1.29, 1.82) is 0 Å². The third-order valence-corrected chi connectivity index (χ3v) is 11.1. The topological polar surface area (TPSA) is 194 Å². The summed E-state index contributed by atoms with van der Waals surface area (Å²) in [5.41, 5.74) is 4.32. The number of aromatic amines is 1. The van der Waals surface area contributed by atoms with Gasteiger partial charge in [-0.05, 0) is 85.7 Å². The quantitative estimate of drug-likeness (QED) is 0.143. The van der Waals surface area contributed by atoms with Gasteiger partial charge in [0, 0.05) is 38.6 Å². The zero-order valence-corrected chi connectivity index (χ0v) is 33.6. The highest BCUT2D eigenvalue weighted by molar-refractivity contribution is 5.99. The molecular weight excluding hydrogens is 747 g/mol. The first kappa shape index (κ1) is 41.6. The van der Waals surface area contributed by atoms with Gasteiger partial charge in [-0.3, -0.25) is 14.4 Å². The number of methoxy groups -OCH3 is 4. The minimum absolute atomic E-state index is 0.260. The lowest BCUT2D eigenvalue weighted by molar-refractivity contribution is -0.141. The maximum absolute atomic E-state index is 13.6. The number of benzene rings is 3. The Labute approximate surface area is 336 Å². The average Bonchev–Trinajstić information content (AvgIpc) is 4.05. The summed E-state index contributed by atoms with van der Waals surface area (Å²) in [5, 5.41) is 10.2. The van der Waals surface area contributed by atoms with Crippen LogP contribution in [0.1, 0.15) is 51.4 Å². The zero-order valence-electron chi connectivity index (χ0n) is 33.6. The number of hydrogen-bond donors (Lipinski definition) is 4. The van der Waals surface area contributed by atoms with E-state index in [0.717, 1.165) is 46.0 Å². The van der Waals surface area contributed by atoms with Gasteiger partial charge in [0.15, 0.2) is 0 Å². The molecule has 0 spiro atoms. The smallest absolute Gasteiger partial charge is 0.407 e. The molecule has 2 fully saturated rings. The van der Waals surface area contributed by atoms with E-state index in [9.17, 15) is 24.0 Å². The first-order chi connectivity index (χ1) is 28.0. The minimum atomic E-state index is -1.01. The number of alkyl carbamates (subject to hydrolysis) is 2. The van der Waals surface area contributed by atoms with E-state index in [4.69, 9.17) is 14.2 Å². The lowest BCUT2D eigenvalue weighted by Gasteiger charge is -2.30. The Kier molecular flexibility index (Phi) is 13.3. The maximum atomic E-state index is 13.6. The van der Waals surface area contributed by atoms with Crippen LogP contribution in [0.2, 0.25) is 0 Å². The van der Waals surface area contributed by atoms with Crippen LogP contribution in [0, 0.1) is 0 Å². The van der Waals surface area contributed by atoms with Gasteiger partial charge in [0.1, 0.15) is 23.9 Å². The Hall–Kier alpha value is -6.00. The van der Waals surface area contributed by atoms with Crippen LogP contribution in [0.4, 0.5) is 15.3 Å². The molecule has 2 aliphatic heterocycles. The fourth-order valence-electron chi connectivity index (χ4n) is 7.60. The fourth-order valence-corrected chi connectivity index (χ4v) is 7.60. The lowest BCUT2D eigenvalue weighted by atomic mass is 9.99. The monoisotopic (exact) mass is 797 g/mol. The second kappa shape index (κ2) is 18.5. The summed E-state index contributed by atoms with van der Waals surface area (Å²) in [5.74, 6) is -0.304. The van der Waals surface area contributed by atoms with Crippen molar-refractivity contribution in [2.75, 3.05) is 46.8 Å². The van der Waals surface area contributed by atoms with Gasteiger partial charge in [-0.1, -0.05) is 36.4 Å². The van der Waals surface area contributed by atoms with Crippen molar-refractivity contribution in [3.63, 3.8) is 0 Å². The molecule has 1 aromatic heterocycles. The molecule has 3 heterocycles. The Morgan fingerprint density at radius 3 is 1.84 bits per heavy atom. The van der Waals surface area contributed by atoms with Gasteiger partial charge in [0.2, 0.25) is 17.7 Å². The molecule has 308 valence electrons. The van der Waals surface area contributed by atoms with Crippen LogP contribution in [-0.2, 0) is 33.3 Å². The van der Waals surface area contributed by atoms with Gasteiger partial charge in [-0.2, -0.15) is 0 Å². The summed E-state index contributed by atoms with van der Waals surface area (Å²) >= 11 is 0. The number of rotatable bonds is 13. The van der Waals surface area contributed by atoms with Crippen LogP contribution < -0.4 is 16.0 Å². The molecule has 4 N–H and O–H groups in total. The molecule has 16 heteroatoms. The summed E-state index contributed by atoms with van der Waals surface area (Å²) < 4.78 is 20.2. The Balaban J connectivity index is 1.11. The average molecular weight is 798 g/mol. The molecule has 2 saturated heterocycles. The van der Waals surface area contributed by atoms with Crippen LogP contribution in [-0.4, -0.2) is 122 Å². The molecule has 0 radical (unpaired) electrons. The van der Waals surface area contributed by atoms with Crippen molar-refractivity contribution in [3.05, 3.63) is 72.7 Å². The highest BCUT2D eigenvalue weighted by Gasteiger charge is 2.41. The minimum Gasteiger partial charge on any atom is -0.453 e. The van der Waals surface area contributed by atoms with Gasteiger partial charge in [0.05, 0.1) is 44.4 Å². The van der Waals surface area contributed by atoms with Gasteiger partial charge in [0.25, 0.3) is 0 Å². The molecule has 6 atom stereocenters. The van der Waals surface area contributed by atoms with E-state index in [0.29, 0.717) is 37.4 Å². The predicted octanol–water partition coefficient (Wildman–Crippen LogP) is 5.01. The molecular formula is C42H51N7O9. The summed E-state index contributed by atoms with van der Waals surface area (Å²) in [6.07, 6.45) is 1.78. The standard InChI is InChI=1S/C42H51N7O9/c1-24(55-3)35(46-41(53)57-5)39(51)48-19-7-9-33(48)37-43-23-32(45-37)30-14-13-28-21-27(11-12-29(28)22-30)26-15-17-31(18-16-26)44-38(50)34-10-8-20-49(34)40(52)36(25(2)56-4)47-42(54)58-6/h11-18,21-25,33-36H,7-10,19-20H2,1-6H3,(H,43,45)(H,44,50)(H,46,53)(H,47,54). The summed E-state index contributed by atoms with van der Waals surface area (Å²) in [6, 6.07) is 17.0. The molecule has 6 rings (SSSR count). The largest absolute Gasteiger partial charge is 0.453 e. The van der Waals surface area contributed by atoms with Crippen molar-refractivity contribution in [2.24, 2.45) is 0 Å². The van der Waals surface area contributed by atoms with Crippen LogP contribution in [0.3, 0.4) is 0 Å². The second-order valence-electron chi connectivity index (χ2n) is 14.5. The molecule has 0 saturated carbocycles. The molecule has 16 nitrogen and oxygen atoms in total. The van der Waals surface area contributed by atoms with E-state index in [1.807, 2.05) is 36.4 Å². The highest BCUT2D eigenvalue weighted by Crippen LogP contribution is 2.34. The SMILES string of the molecule is COC(=O)NC(C(=O)N1CCCC1C(=O)Nc1ccc(-c2ccc3cc(-c4cnc(C5CCCN5C(=O)C(NC(=O)OC)C(C)OC)[nH]4)ccc3c2)cc1)C(C)OC. The third kappa shape index (κ3) is 9.08. The molecule has 5 amide bonds. The van der Waals surface area contributed by atoms with Crippen molar-refractivity contribution in [1.82, 2.24) is 30.4 Å². The number of fused-ring (bicyclic) bond motifs is 1. The molecule has 4 aromatic rings. The molecule has 0 aliphatic carbocycles. The van der Waals surface area contributed by atoms with Crippen molar-refractivity contribution < 1.29 is 42.9 Å². The van der Waals surface area contributed by atoms with Crippen molar-refractivity contribution >= 4 is 46.4 Å². The van der Waals surface area contributed by atoms with E-state index in [1.54, 1.807) is 24.9 Å². The van der Waals surface area contributed by atoms with E-state index >= 15 is 0 Å². The van der Waals surface area contributed by atoms with Gasteiger partial charge < -0.3 is 49.7 Å². The van der Waals surface area contributed by atoms with Gasteiger partial charge in [-0.15, -0.1) is 0 Å². The van der Waals surface area contributed by atoms with Crippen LogP contribution in [0.25, 0.3) is 33.2 Å². The Morgan fingerprint density at radius 1 is 0.707 bits per heavy atom. The fraction of sp³-hybridized carbons (Fsp3) is 0.429. The Bertz CT molecular complexity index is 2120. The summed E-state index contributed by atoms with van der Waals surface area (Å²) in [4.78, 5) is 75.8. The van der Waals surface area contributed by atoms with E-state index in [1.165, 1.54) is 33.3 Å². The van der Waals surface area contributed by atoms with Crippen LogP contribution >= 0.6 is 0 Å². The number of aromatic nitrogens is 2. The molecule has 0 bridgehead atoms. The number of likely N-dealkylation sites (tertiary alicyclic amines) is 2. The number of imidazole rings is 1. The molecule has 2 aliphatic rings. The summed E-state index contributed by atoms with van der Waals surface area (Å²) in [6.45, 7) is 4.31. The second-order valence-corrected chi connectivity index (χ2v) is 14.5. The first-order valence-electron chi connectivity index (χ1n) is 19.3. The van der Waals surface area contributed by atoms with Crippen LogP contribution in [0.15, 0.2) is 66.9 Å². The number of ether oxygens (including phenoxy) is 4. The summed E-state index contributed by atoms with van der Waals surface area (Å²) in [7, 11) is 5.40. The first-order valence-corrected chi connectivity index (χ1v) is 19.3. The Morgan fingerprint density at radius 2 is 1.24 bits per heavy atom. The van der Waals surface area contributed by atoms with E-state index in [2.05, 4.69) is 54.9 Å². The zero-order chi connectivity index (χ0) is 41.5. The lowest BCUT2D eigenvalue weighted by Crippen LogP contribution is -2.56. The third-order valence-electron chi connectivity index (χ3n) is 11.1. The van der Waals surface area contributed by atoms with E-state index < -0.39 is 48.4 Å². The van der Waals surface area contributed by atoms with Crippen molar-refractivity contribution in [3.8, 4) is 22.4 Å². The van der Waals surface area contributed by atoms with Gasteiger partial charge in [-0.25, -0.2) is 14.6 Å². The van der Waals surface area contributed by atoms with Gasteiger partial charge >= 0.3 is 12.2 Å². The predicted molar refractivity (Wildman–Crippen MR) is 216 cm³/mol. The molecule has 3 aromatic carbocycles. The maximum Gasteiger partial charge on any atom is 0.407 e. The number of nitrogens with zero attached hydrogens (tertiary/aromatic N) is 3. The van der Waals surface area contributed by atoms with E-state index in [-0.39, 0.29) is 17.9 Å². The number of hydrogen-bond acceptors (Lipinski definition) is 10. The number of anilines is 1. The number of H-pyrrole nitrogens is 1. The number of carbonyl (C=O) groups excluding carboxylic acids is 5. The molecule has 58 heavy (non-hydrogen) atoms. The normalized spacial score (nSPS) is 18.6. The highest BCUT2D eigenvalue weighted by atomic mass is 16.5. The van der Waals surface area contributed by atoms with Crippen LogP contribution in [0.5, 0.6) is 0 Å².